The molecular weight excluding hydrogens is 226 g/mol. The van der Waals surface area contributed by atoms with E-state index in [0.29, 0.717) is 5.69 Å². The highest BCUT2D eigenvalue weighted by molar-refractivity contribution is 5.30. The summed E-state index contributed by atoms with van der Waals surface area (Å²) in [6, 6.07) is 2.25. The summed E-state index contributed by atoms with van der Waals surface area (Å²) < 4.78 is 2.28. The first-order valence-electron chi connectivity index (χ1n) is 6.80. The van der Waals surface area contributed by atoms with Gasteiger partial charge < -0.3 is 9.88 Å². The Kier molecular flexibility index (Phi) is 3.31. The molecule has 2 aliphatic heterocycles. The van der Waals surface area contributed by atoms with Crippen molar-refractivity contribution in [1.82, 2.24) is 19.8 Å². The molecule has 2 aliphatic rings. The maximum absolute atomic E-state index is 9.16. The Balaban J connectivity index is 1.83. The molecule has 0 unspecified atom stereocenters. The fraction of sp³-hybridized carbons (Fsp3) is 0.692. The Bertz CT molecular complexity index is 464. The van der Waals surface area contributed by atoms with Crippen LogP contribution in [0.25, 0.3) is 0 Å². The predicted octanol–water partition coefficient (Wildman–Crippen LogP) is 0.496. The van der Waals surface area contributed by atoms with Crippen LogP contribution in [-0.2, 0) is 19.5 Å². The minimum Gasteiger partial charge on any atom is -0.330 e. The van der Waals surface area contributed by atoms with Gasteiger partial charge in [0, 0.05) is 32.7 Å². The smallest absolute Gasteiger partial charge is 0.162 e. The monoisotopic (exact) mass is 245 g/mol. The van der Waals surface area contributed by atoms with Crippen molar-refractivity contribution in [3.05, 3.63) is 17.2 Å². The predicted molar refractivity (Wildman–Crippen MR) is 68.0 cm³/mol. The number of nitriles is 1. The summed E-state index contributed by atoms with van der Waals surface area (Å²) in [6.07, 6.45) is 3.41. The molecule has 0 radical (unpaired) electrons. The average molecular weight is 245 g/mol. The van der Waals surface area contributed by atoms with Crippen molar-refractivity contribution in [3.63, 3.8) is 0 Å². The lowest BCUT2D eigenvalue weighted by Crippen LogP contribution is -2.43. The van der Waals surface area contributed by atoms with Crippen molar-refractivity contribution in [2.75, 3.05) is 26.2 Å². The van der Waals surface area contributed by atoms with Gasteiger partial charge in [-0.15, -0.1) is 0 Å². The summed E-state index contributed by atoms with van der Waals surface area (Å²) in [5.41, 5.74) is 1.81. The van der Waals surface area contributed by atoms with Crippen LogP contribution in [-0.4, -0.2) is 40.6 Å². The third-order valence-electron chi connectivity index (χ3n) is 3.88. The molecule has 1 N–H and O–H groups in total. The molecule has 96 valence electrons. The lowest BCUT2D eigenvalue weighted by Gasteiger charge is -2.27. The van der Waals surface area contributed by atoms with Gasteiger partial charge in [-0.1, -0.05) is 0 Å². The van der Waals surface area contributed by atoms with Crippen LogP contribution in [0.1, 0.15) is 30.1 Å². The summed E-state index contributed by atoms with van der Waals surface area (Å²) in [4.78, 5) is 6.96. The van der Waals surface area contributed by atoms with E-state index in [9.17, 15) is 0 Å². The van der Waals surface area contributed by atoms with Crippen LogP contribution in [0.5, 0.6) is 0 Å². The van der Waals surface area contributed by atoms with E-state index in [1.807, 2.05) is 0 Å². The van der Waals surface area contributed by atoms with Crippen molar-refractivity contribution < 1.29 is 0 Å². The molecular formula is C13H19N5. The molecule has 0 atom stereocenters. The van der Waals surface area contributed by atoms with Gasteiger partial charge in [-0.2, -0.15) is 5.26 Å². The number of nitrogens with one attached hydrogen (secondary N) is 1. The molecule has 5 heteroatoms. The Labute approximate surface area is 107 Å². The zero-order valence-corrected chi connectivity index (χ0v) is 10.7. The molecule has 0 aliphatic carbocycles. The van der Waals surface area contributed by atoms with Crippen LogP contribution >= 0.6 is 0 Å². The Morgan fingerprint density at radius 3 is 2.83 bits per heavy atom. The van der Waals surface area contributed by atoms with E-state index in [2.05, 4.69) is 25.8 Å². The second-order valence-corrected chi connectivity index (χ2v) is 5.07. The van der Waals surface area contributed by atoms with E-state index in [0.717, 1.165) is 57.2 Å². The zero-order valence-electron chi connectivity index (χ0n) is 10.7. The lowest BCUT2D eigenvalue weighted by molar-refractivity contribution is 0.224. The van der Waals surface area contributed by atoms with E-state index >= 15 is 0 Å². The highest BCUT2D eigenvalue weighted by atomic mass is 15.2. The molecule has 1 fully saturated rings. The number of hydrogen-bond acceptors (Lipinski definition) is 4. The van der Waals surface area contributed by atoms with Crippen LogP contribution in [0.3, 0.4) is 0 Å². The van der Waals surface area contributed by atoms with Crippen molar-refractivity contribution in [2.45, 2.75) is 32.4 Å². The Morgan fingerprint density at radius 1 is 1.22 bits per heavy atom. The SMILES string of the molecule is N#Cc1nc(CN2CCNCC2)n2c1CCCC2. The van der Waals surface area contributed by atoms with Gasteiger partial charge in [-0.3, -0.25) is 4.90 Å². The number of nitrogens with zero attached hydrogens (tertiary/aromatic N) is 4. The molecule has 0 amide bonds. The quantitative estimate of drug-likeness (QED) is 0.824. The molecule has 3 rings (SSSR count). The van der Waals surface area contributed by atoms with Crippen molar-refractivity contribution in [1.29, 1.82) is 5.26 Å². The summed E-state index contributed by atoms with van der Waals surface area (Å²) in [5.74, 6) is 1.09. The lowest BCUT2D eigenvalue weighted by atomic mass is 10.1. The first kappa shape index (κ1) is 11.7. The van der Waals surface area contributed by atoms with Gasteiger partial charge in [0.1, 0.15) is 11.9 Å². The molecule has 0 spiro atoms. The Hall–Kier alpha value is -1.38. The van der Waals surface area contributed by atoms with Crippen molar-refractivity contribution in [3.8, 4) is 6.07 Å². The first-order chi connectivity index (χ1) is 8.88. The normalized spacial score (nSPS) is 20.4. The van der Waals surface area contributed by atoms with Gasteiger partial charge in [0.2, 0.25) is 0 Å². The minimum atomic E-state index is 0.653. The summed E-state index contributed by atoms with van der Waals surface area (Å²) in [6.45, 7) is 6.17. The highest BCUT2D eigenvalue weighted by Crippen LogP contribution is 2.21. The van der Waals surface area contributed by atoms with E-state index in [-0.39, 0.29) is 0 Å². The topological polar surface area (TPSA) is 56.9 Å². The minimum absolute atomic E-state index is 0.653. The Morgan fingerprint density at radius 2 is 2.06 bits per heavy atom. The van der Waals surface area contributed by atoms with Crippen molar-refractivity contribution >= 4 is 0 Å². The molecule has 1 aromatic heterocycles. The number of rotatable bonds is 2. The summed E-state index contributed by atoms with van der Waals surface area (Å²) in [5, 5.41) is 12.5. The average Bonchev–Trinajstić information content (AvgIpc) is 2.78. The van der Waals surface area contributed by atoms with Gasteiger partial charge in [0.15, 0.2) is 5.69 Å². The van der Waals surface area contributed by atoms with E-state index in [4.69, 9.17) is 5.26 Å². The molecule has 0 saturated carbocycles. The standard InChI is InChI=1S/C13H19N5/c14-9-11-12-3-1-2-6-18(12)13(16-11)10-17-7-4-15-5-8-17/h15H,1-8,10H2. The molecule has 1 aromatic rings. The number of imidazole rings is 1. The second-order valence-electron chi connectivity index (χ2n) is 5.07. The van der Waals surface area contributed by atoms with Gasteiger partial charge >= 0.3 is 0 Å². The van der Waals surface area contributed by atoms with Crippen LogP contribution in [0.2, 0.25) is 0 Å². The van der Waals surface area contributed by atoms with Gasteiger partial charge in [0.25, 0.3) is 0 Å². The zero-order chi connectivity index (χ0) is 12.4. The molecule has 18 heavy (non-hydrogen) atoms. The molecule has 5 nitrogen and oxygen atoms in total. The fourth-order valence-electron chi connectivity index (χ4n) is 2.90. The largest absolute Gasteiger partial charge is 0.330 e. The number of fused-ring (bicyclic) bond motifs is 1. The van der Waals surface area contributed by atoms with Crippen LogP contribution < -0.4 is 5.32 Å². The summed E-state index contributed by atoms with van der Waals surface area (Å²) in [7, 11) is 0. The third-order valence-corrected chi connectivity index (χ3v) is 3.88. The highest BCUT2D eigenvalue weighted by Gasteiger charge is 2.21. The van der Waals surface area contributed by atoms with E-state index in [1.165, 1.54) is 12.8 Å². The second kappa shape index (κ2) is 5.09. The van der Waals surface area contributed by atoms with Gasteiger partial charge in [-0.05, 0) is 19.3 Å². The maximum Gasteiger partial charge on any atom is 0.162 e. The van der Waals surface area contributed by atoms with Crippen molar-refractivity contribution in [2.24, 2.45) is 0 Å². The third kappa shape index (κ3) is 2.14. The number of piperazine rings is 1. The number of aromatic nitrogens is 2. The molecule has 1 saturated heterocycles. The molecule has 3 heterocycles. The summed E-state index contributed by atoms with van der Waals surface area (Å²) >= 11 is 0. The van der Waals surface area contributed by atoms with Gasteiger partial charge in [0.05, 0.1) is 12.2 Å². The first-order valence-corrected chi connectivity index (χ1v) is 6.80. The molecule has 0 aromatic carbocycles. The number of hydrogen-bond donors (Lipinski definition) is 1. The molecule has 0 bridgehead atoms. The fourth-order valence-corrected chi connectivity index (χ4v) is 2.90. The van der Waals surface area contributed by atoms with Crippen LogP contribution in [0, 0.1) is 11.3 Å². The maximum atomic E-state index is 9.16. The van der Waals surface area contributed by atoms with E-state index in [1.54, 1.807) is 0 Å². The van der Waals surface area contributed by atoms with Crippen LogP contribution in [0.4, 0.5) is 0 Å². The van der Waals surface area contributed by atoms with Gasteiger partial charge in [-0.25, -0.2) is 4.98 Å². The van der Waals surface area contributed by atoms with Crippen LogP contribution in [0.15, 0.2) is 0 Å². The van der Waals surface area contributed by atoms with E-state index < -0.39 is 0 Å².